The maximum absolute atomic E-state index is 12.9. The van der Waals surface area contributed by atoms with Gasteiger partial charge >= 0.3 is 16.4 Å². The quantitative estimate of drug-likeness (QED) is 0.0198. The zero-order chi connectivity index (χ0) is 48.2. The van der Waals surface area contributed by atoms with E-state index in [0.717, 1.165) is 116 Å². The highest BCUT2D eigenvalue weighted by Crippen LogP contribution is 2.26. The summed E-state index contributed by atoms with van der Waals surface area (Å²) in [6.07, 6.45) is 52.3. The van der Waals surface area contributed by atoms with Crippen molar-refractivity contribution in [1.29, 1.82) is 0 Å². The average molecular weight is 945 g/mol. The van der Waals surface area contributed by atoms with E-state index in [2.05, 4.69) is 140 Å². The Balaban J connectivity index is 2.43. The summed E-state index contributed by atoms with van der Waals surface area (Å²) in [5, 5.41) is 30.7. The number of carbonyl (C=O) groups is 1. The molecule has 1 aliphatic rings. The smallest absolute Gasteiger partial charge is 0.397 e. The molecule has 0 radical (unpaired) electrons. The molecule has 0 spiro atoms. The molecule has 1 heterocycles. The van der Waals surface area contributed by atoms with Crippen molar-refractivity contribution < 1.29 is 56.2 Å². The lowest BCUT2D eigenvalue weighted by atomic mass is 9.99. The van der Waals surface area contributed by atoms with Gasteiger partial charge in [-0.3, -0.25) is 9.35 Å². The summed E-state index contributed by atoms with van der Waals surface area (Å²) in [4.78, 5) is 12.9. The molecule has 1 saturated heterocycles. The molecule has 0 amide bonds. The summed E-state index contributed by atoms with van der Waals surface area (Å²) >= 11 is 0. The third kappa shape index (κ3) is 35.7. The molecular weight excluding hydrogens is 861 g/mol. The van der Waals surface area contributed by atoms with Crippen LogP contribution in [0.1, 0.15) is 142 Å². The molecule has 1 fully saturated rings. The van der Waals surface area contributed by atoms with Crippen molar-refractivity contribution in [1.82, 2.24) is 0 Å². The highest BCUT2D eigenvalue weighted by Gasteiger charge is 2.48. The molecule has 6 atom stereocenters. The van der Waals surface area contributed by atoms with Gasteiger partial charge < -0.3 is 34.3 Å². The van der Waals surface area contributed by atoms with Crippen LogP contribution in [0.15, 0.2) is 122 Å². The van der Waals surface area contributed by atoms with Crippen LogP contribution in [-0.2, 0) is 38.3 Å². The number of carbonyl (C=O) groups excluding carboxylic acids is 1. The largest absolute Gasteiger partial charge is 0.457 e. The van der Waals surface area contributed by atoms with Gasteiger partial charge in [0.2, 0.25) is 0 Å². The third-order valence-electron chi connectivity index (χ3n) is 10.1. The van der Waals surface area contributed by atoms with E-state index in [-0.39, 0.29) is 19.6 Å². The highest BCUT2D eigenvalue weighted by molar-refractivity contribution is 7.80. The number of aliphatic hydroxyl groups excluding tert-OH is 3. The number of allylic oxidation sites excluding steroid dienone is 20. The maximum Gasteiger partial charge on any atom is 0.397 e. The van der Waals surface area contributed by atoms with Gasteiger partial charge in [-0.1, -0.05) is 155 Å². The average Bonchev–Trinajstić information content (AvgIpc) is 3.29. The van der Waals surface area contributed by atoms with Crippen molar-refractivity contribution in [3.8, 4) is 0 Å². The fourth-order valence-electron chi connectivity index (χ4n) is 6.49. The van der Waals surface area contributed by atoms with Gasteiger partial charge in [0.25, 0.3) is 0 Å². The van der Waals surface area contributed by atoms with Gasteiger partial charge in [-0.15, -0.1) is 0 Å². The Labute approximate surface area is 398 Å². The first kappa shape index (κ1) is 60.5. The number of aliphatic hydroxyl groups is 3. The molecule has 0 saturated carbocycles. The number of ether oxygens (including phenoxy) is 4. The molecule has 12 nitrogen and oxygen atoms in total. The van der Waals surface area contributed by atoms with E-state index >= 15 is 0 Å². The number of rotatable bonds is 40. The van der Waals surface area contributed by atoms with Crippen molar-refractivity contribution in [2.24, 2.45) is 0 Å². The molecule has 0 aliphatic carbocycles. The van der Waals surface area contributed by atoms with E-state index in [1.54, 1.807) is 0 Å². The lowest BCUT2D eigenvalue weighted by Gasteiger charge is -2.41. The molecule has 6 unspecified atom stereocenters. The SMILES string of the molecule is CC/C=C\C/C=C\C/C=C\C/C=C\C/C=C\C/C=C\CCCCCCCOCC(COC1OC(CO)C(O)C(OS(=O)(=O)O)C1O)OC(=O)CCCC/C=C\C/C=C\C/C=C\C/C=C\CC. The van der Waals surface area contributed by atoms with Gasteiger partial charge in [0.1, 0.15) is 30.5 Å². The Morgan fingerprint density at radius 1 is 0.576 bits per heavy atom. The summed E-state index contributed by atoms with van der Waals surface area (Å²) in [7, 11) is -5.08. The van der Waals surface area contributed by atoms with Crippen LogP contribution in [0.4, 0.5) is 0 Å². The molecule has 66 heavy (non-hydrogen) atoms. The molecule has 0 aromatic carbocycles. The summed E-state index contributed by atoms with van der Waals surface area (Å²) in [6, 6.07) is 0. The van der Waals surface area contributed by atoms with Gasteiger partial charge in [0.15, 0.2) is 6.29 Å². The zero-order valence-corrected chi connectivity index (χ0v) is 40.8. The summed E-state index contributed by atoms with van der Waals surface area (Å²) in [6.45, 7) is 3.63. The first-order chi connectivity index (χ1) is 32.1. The van der Waals surface area contributed by atoms with E-state index in [4.69, 9.17) is 18.9 Å². The van der Waals surface area contributed by atoms with Crippen molar-refractivity contribution in [2.75, 3.05) is 26.4 Å². The lowest BCUT2D eigenvalue weighted by molar-refractivity contribution is -0.301. The van der Waals surface area contributed by atoms with Crippen molar-refractivity contribution in [3.05, 3.63) is 122 Å². The summed E-state index contributed by atoms with van der Waals surface area (Å²) in [5.41, 5.74) is 0. The van der Waals surface area contributed by atoms with Crippen molar-refractivity contribution in [2.45, 2.75) is 179 Å². The Hall–Kier alpha value is -3.50. The monoisotopic (exact) mass is 945 g/mol. The molecule has 0 bridgehead atoms. The van der Waals surface area contributed by atoms with Gasteiger partial charge in [-0.05, 0) is 103 Å². The minimum Gasteiger partial charge on any atom is -0.457 e. The molecular formula is C53H84O12S. The van der Waals surface area contributed by atoms with E-state index in [1.807, 2.05) is 0 Å². The number of hydrogen-bond donors (Lipinski definition) is 4. The second kappa shape index (κ2) is 42.8. The van der Waals surface area contributed by atoms with Crippen LogP contribution in [0.3, 0.4) is 0 Å². The van der Waals surface area contributed by atoms with Gasteiger partial charge in [0.05, 0.1) is 19.8 Å². The van der Waals surface area contributed by atoms with Crippen molar-refractivity contribution >= 4 is 16.4 Å². The molecule has 1 rings (SSSR count). The lowest BCUT2D eigenvalue weighted by Crippen LogP contribution is -2.60. The highest BCUT2D eigenvalue weighted by atomic mass is 32.3. The predicted molar refractivity (Wildman–Crippen MR) is 266 cm³/mol. The number of hydrogen-bond acceptors (Lipinski definition) is 11. The fraction of sp³-hybridized carbons (Fsp3) is 0.604. The van der Waals surface area contributed by atoms with Crippen LogP contribution in [-0.4, -0.2) is 97.5 Å². The topological polar surface area (TPSA) is 178 Å². The Bertz CT molecular complexity index is 1610. The van der Waals surface area contributed by atoms with Crippen LogP contribution in [0.5, 0.6) is 0 Å². The van der Waals surface area contributed by atoms with E-state index < -0.39 is 59.8 Å². The Kier molecular flexibility index (Phi) is 39.3. The minimum atomic E-state index is -5.08. The minimum absolute atomic E-state index is 0.00378. The van der Waals surface area contributed by atoms with Crippen molar-refractivity contribution in [3.63, 3.8) is 0 Å². The standard InChI is InChI=1S/C53H84O12S/c1-3-5-7-9-11-13-15-17-19-20-21-22-23-24-25-26-27-29-31-33-35-37-39-41-43-61-45-47(46-62-53-51(57)52(65-66(58,59)60)50(56)48(44-54)64-53)63-49(55)42-40-38-36-34-32-30-28-18-16-14-12-10-8-6-4-2/h5-8,11-14,17-19,21-22,24-25,27-29,32,34,47-48,50-54,56-57H,3-4,9-10,15-16,20,23,26,30-31,33,35-46H2,1-2H3,(H,58,59,60)/b7-5-,8-6-,13-11-,14-12-,19-17-,22-21-,25-24-,28-18-,29-27-,34-32-. The Morgan fingerprint density at radius 3 is 1.45 bits per heavy atom. The molecule has 1 aliphatic heterocycles. The van der Waals surface area contributed by atoms with Crippen LogP contribution >= 0.6 is 0 Å². The summed E-state index contributed by atoms with van der Waals surface area (Å²) < 4.78 is 59.1. The number of unbranched alkanes of at least 4 members (excludes halogenated alkanes) is 7. The van der Waals surface area contributed by atoms with Gasteiger partial charge in [-0.2, -0.15) is 8.42 Å². The second-order valence-corrected chi connectivity index (χ2v) is 17.0. The van der Waals surface area contributed by atoms with E-state index in [9.17, 15) is 33.1 Å². The van der Waals surface area contributed by atoms with E-state index in [1.165, 1.54) is 0 Å². The second-order valence-electron chi connectivity index (χ2n) is 15.9. The molecule has 4 N–H and O–H groups in total. The van der Waals surface area contributed by atoms with E-state index in [0.29, 0.717) is 13.0 Å². The third-order valence-corrected chi connectivity index (χ3v) is 10.5. The first-order valence-corrected chi connectivity index (χ1v) is 25.7. The predicted octanol–water partition coefficient (Wildman–Crippen LogP) is 11.0. The maximum atomic E-state index is 12.9. The normalized spacial score (nSPS) is 20.6. The fourth-order valence-corrected chi connectivity index (χ4v) is 7.00. The number of esters is 1. The molecule has 13 heteroatoms. The van der Waals surface area contributed by atoms with Gasteiger partial charge in [-0.25, -0.2) is 4.18 Å². The molecule has 0 aromatic heterocycles. The molecule has 0 aromatic rings. The van der Waals surface area contributed by atoms with Crippen LogP contribution in [0.25, 0.3) is 0 Å². The van der Waals surface area contributed by atoms with Gasteiger partial charge in [0, 0.05) is 13.0 Å². The summed E-state index contributed by atoms with van der Waals surface area (Å²) in [5.74, 6) is -0.453. The molecule has 374 valence electrons. The zero-order valence-electron chi connectivity index (χ0n) is 39.9. The van der Waals surface area contributed by atoms with Crippen LogP contribution < -0.4 is 0 Å². The van der Waals surface area contributed by atoms with Crippen LogP contribution in [0.2, 0.25) is 0 Å². The first-order valence-electron chi connectivity index (χ1n) is 24.3. The Morgan fingerprint density at radius 2 is 1.00 bits per heavy atom. The van der Waals surface area contributed by atoms with Crippen LogP contribution in [0, 0.1) is 0 Å².